The summed E-state index contributed by atoms with van der Waals surface area (Å²) in [5.74, 6) is 0.628. The maximum Gasteiger partial charge on any atom is 0.0706 e. The van der Waals surface area contributed by atoms with E-state index in [1.54, 1.807) is 0 Å². The Morgan fingerprint density at radius 3 is 2.56 bits per heavy atom. The molecule has 18 heavy (non-hydrogen) atoms. The summed E-state index contributed by atoms with van der Waals surface area (Å²) in [5.41, 5.74) is 8.43. The number of aromatic nitrogens is 1. The molecule has 1 heterocycles. The predicted octanol–water partition coefficient (Wildman–Crippen LogP) is 3.85. The van der Waals surface area contributed by atoms with Gasteiger partial charge in [-0.1, -0.05) is 37.1 Å². The molecule has 0 unspecified atom stereocenters. The molecule has 0 spiro atoms. The van der Waals surface area contributed by atoms with E-state index in [-0.39, 0.29) is 18.4 Å². The lowest BCUT2D eigenvalue weighted by Crippen LogP contribution is -2.20. The first kappa shape index (κ1) is 13.3. The van der Waals surface area contributed by atoms with Crippen LogP contribution in [0.5, 0.6) is 0 Å². The van der Waals surface area contributed by atoms with Crippen molar-refractivity contribution in [3.8, 4) is 0 Å². The quantitative estimate of drug-likeness (QED) is 0.893. The van der Waals surface area contributed by atoms with Crippen molar-refractivity contribution in [3.63, 3.8) is 0 Å². The highest BCUT2D eigenvalue weighted by Crippen LogP contribution is 2.33. The van der Waals surface area contributed by atoms with Crippen LogP contribution in [0.25, 0.3) is 10.9 Å². The summed E-state index contributed by atoms with van der Waals surface area (Å²) in [7, 11) is 0. The third-order valence-corrected chi connectivity index (χ3v) is 3.87. The zero-order valence-corrected chi connectivity index (χ0v) is 11.2. The lowest BCUT2D eigenvalue weighted by atomic mass is 9.95. The molecule has 0 aliphatic heterocycles. The number of halogens is 1. The molecule has 0 bridgehead atoms. The molecule has 2 nitrogen and oxygen atoms in total. The van der Waals surface area contributed by atoms with Crippen LogP contribution in [-0.2, 0) is 0 Å². The maximum atomic E-state index is 6.33. The first-order valence-corrected chi connectivity index (χ1v) is 6.46. The number of hydrogen-bond acceptors (Lipinski definition) is 2. The first-order valence-electron chi connectivity index (χ1n) is 6.46. The highest BCUT2D eigenvalue weighted by Gasteiger charge is 2.24. The van der Waals surface area contributed by atoms with E-state index in [1.165, 1.54) is 31.1 Å². The van der Waals surface area contributed by atoms with Gasteiger partial charge in [0.15, 0.2) is 0 Å². The van der Waals surface area contributed by atoms with Gasteiger partial charge >= 0.3 is 0 Å². The van der Waals surface area contributed by atoms with Crippen LogP contribution in [0.1, 0.15) is 37.4 Å². The van der Waals surface area contributed by atoms with Crippen molar-refractivity contribution in [1.82, 2.24) is 4.98 Å². The van der Waals surface area contributed by atoms with E-state index in [2.05, 4.69) is 24.3 Å². The number of para-hydroxylation sites is 1. The number of rotatable bonds is 2. The summed E-state index contributed by atoms with van der Waals surface area (Å²) >= 11 is 0. The fourth-order valence-electron chi connectivity index (χ4n) is 2.83. The van der Waals surface area contributed by atoms with Crippen molar-refractivity contribution in [3.05, 3.63) is 42.1 Å². The van der Waals surface area contributed by atoms with Crippen LogP contribution < -0.4 is 5.73 Å². The molecule has 0 saturated heterocycles. The van der Waals surface area contributed by atoms with Gasteiger partial charge in [-0.15, -0.1) is 12.4 Å². The van der Waals surface area contributed by atoms with Crippen molar-refractivity contribution in [1.29, 1.82) is 0 Å². The molecule has 1 aliphatic carbocycles. The third-order valence-electron chi connectivity index (χ3n) is 3.87. The van der Waals surface area contributed by atoms with Crippen LogP contribution in [0.4, 0.5) is 0 Å². The molecule has 0 amide bonds. The highest BCUT2D eigenvalue weighted by molar-refractivity contribution is 5.85. The van der Waals surface area contributed by atoms with Gasteiger partial charge in [0.05, 0.1) is 11.2 Å². The molecular formula is C15H19ClN2. The average Bonchev–Trinajstić information content (AvgIpc) is 2.91. The number of hydrogen-bond donors (Lipinski definition) is 1. The molecule has 1 aromatic heterocycles. The number of nitrogens with zero attached hydrogens (tertiary/aromatic N) is 1. The van der Waals surface area contributed by atoms with E-state index in [1.807, 2.05) is 12.1 Å². The Hall–Kier alpha value is -1.12. The normalized spacial score (nSPS) is 17.6. The summed E-state index contributed by atoms with van der Waals surface area (Å²) < 4.78 is 0. The van der Waals surface area contributed by atoms with Crippen molar-refractivity contribution < 1.29 is 0 Å². The number of pyridine rings is 1. The van der Waals surface area contributed by atoms with E-state index in [9.17, 15) is 0 Å². The third kappa shape index (κ3) is 2.50. The number of nitrogens with two attached hydrogens (primary N) is 1. The lowest BCUT2D eigenvalue weighted by Gasteiger charge is -2.18. The van der Waals surface area contributed by atoms with E-state index < -0.39 is 0 Å². The second kappa shape index (κ2) is 5.68. The van der Waals surface area contributed by atoms with Gasteiger partial charge in [0.1, 0.15) is 0 Å². The van der Waals surface area contributed by atoms with Crippen molar-refractivity contribution in [2.45, 2.75) is 31.7 Å². The van der Waals surface area contributed by atoms with Gasteiger partial charge < -0.3 is 5.73 Å². The zero-order valence-electron chi connectivity index (χ0n) is 10.4. The predicted molar refractivity (Wildman–Crippen MR) is 77.9 cm³/mol. The molecule has 0 radical (unpaired) electrons. The summed E-state index contributed by atoms with van der Waals surface area (Å²) in [5, 5.41) is 1.19. The Labute approximate surface area is 114 Å². The van der Waals surface area contributed by atoms with Crippen LogP contribution in [0.2, 0.25) is 0 Å². The van der Waals surface area contributed by atoms with Crippen LogP contribution in [0, 0.1) is 5.92 Å². The highest BCUT2D eigenvalue weighted by atomic mass is 35.5. The van der Waals surface area contributed by atoms with Crippen molar-refractivity contribution in [2.75, 3.05) is 0 Å². The molecular weight excluding hydrogens is 244 g/mol. The molecule has 96 valence electrons. The monoisotopic (exact) mass is 262 g/mol. The number of fused-ring (bicyclic) bond motifs is 1. The average molecular weight is 263 g/mol. The minimum atomic E-state index is 0. The second-order valence-corrected chi connectivity index (χ2v) is 5.00. The molecule has 1 aromatic carbocycles. The molecule has 3 rings (SSSR count). The largest absolute Gasteiger partial charge is 0.322 e. The van der Waals surface area contributed by atoms with E-state index >= 15 is 0 Å². The van der Waals surface area contributed by atoms with Gasteiger partial charge in [0, 0.05) is 11.4 Å². The van der Waals surface area contributed by atoms with E-state index in [0.29, 0.717) is 5.92 Å². The topological polar surface area (TPSA) is 38.9 Å². The zero-order chi connectivity index (χ0) is 11.7. The summed E-state index contributed by atoms with van der Waals surface area (Å²) in [4.78, 5) is 4.69. The molecule has 2 aromatic rings. The Balaban J connectivity index is 0.00000120. The summed E-state index contributed by atoms with van der Waals surface area (Å²) in [6.45, 7) is 0. The SMILES string of the molecule is Cl.N[C@@H](c1ccc2ccccc2n1)C1CCCC1. The molecule has 1 fully saturated rings. The Kier molecular flexibility index (Phi) is 4.20. The molecule has 3 heteroatoms. The Bertz CT molecular complexity index is 521. The van der Waals surface area contributed by atoms with Gasteiger partial charge in [-0.3, -0.25) is 4.98 Å². The molecule has 1 saturated carbocycles. The standard InChI is InChI=1S/C15H18N2.ClH/c16-15(12-6-1-2-7-12)14-10-9-11-5-3-4-8-13(11)17-14;/h3-5,8-10,12,15H,1-2,6-7,16H2;1H/t15-;/m1./s1. The second-order valence-electron chi connectivity index (χ2n) is 5.00. The van der Waals surface area contributed by atoms with Crippen molar-refractivity contribution >= 4 is 23.3 Å². The minimum absolute atomic E-state index is 0. The molecule has 2 N–H and O–H groups in total. The summed E-state index contributed by atoms with van der Waals surface area (Å²) in [6, 6.07) is 12.5. The van der Waals surface area contributed by atoms with Gasteiger partial charge in [-0.25, -0.2) is 0 Å². The van der Waals surface area contributed by atoms with Gasteiger partial charge in [-0.2, -0.15) is 0 Å². The van der Waals surface area contributed by atoms with E-state index in [0.717, 1.165) is 11.2 Å². The van der Waals surface area contributed by atoms with Gasteiger partial charge in [0.25, 0.3) is 0 Å². The fraction of sp³-hybridized carbons (Fsp3) is 0.400. The fourth-order valence-corrected chi connectivity index (χ4v) is 2.83. The van der Waals surface area contributed by atoms with E-state index in [4.69, 9.17) is 10.7 Å². The lowest BCUT2D eigenvalue weighted by molar-refractivity contribution is 0.438. The van der Waals surface area contributed by atoms with Crippen LogP contribution >= 0.6 is 12.4 Å². The Morgan fingerprint density at radius 1 is 1.06 bits per heavy atom. The molecule has 1 atom stereocenters. The summed E-state index contributed by atoms with van der Waals surface area (Å²) in [6.07, 6.45) is 5.17. The maximum absolute atomic E-state index is 6.33. The van der Waals surface area contributed by atoms with Crippen molar-refractivity contribution in [2.24, 2.45) is 11.7 Å². The van der Waals surface area contributed by atoms with Crippen LogP contribution in [-0.4, -0.2) is 4.98 Å². The smallest absolute Gasteiger partial charge is 0.0706 e. The molecule has 1 aliphatic rings. The van der Waals surface area contributed by atoms with Crippen LogP contribution in [0.3, 0.4) is 0 Å². The Morgan fingerprint density at radius 2 is 1.78 bits per heavy atom. The minimum Gasteiger partial charge on any atom is -0.322 e. The number of benzene rings is 1. The van der Waals surface area contributed by atoms with Gasteiger partial charge in [0.2, 0.25) is 0 Å². The van der Waals surface area contributed by atoms with Crippen LogP contribution in [0.15, 0.2) is 36.4 Å². The van der Waals surface area contributed by atoms with Gasteiger partial charge in [-0.05, 0) is 30.9 Å². The first-order chi connectivity index (χ1) is 8.34.